The Morgan fingerprint density at radius 2 is 2.00 bits per heavy atom. The molecular weight excluding hydrogens is 300 g/mol. The van der Waals surface area contributed by atoms with E-state index >= 15 is 0 Å². The van der Waals surface area contributed by atoms with Gasteiger partial charge in [0.25, 0.3) is 0 Å². The fourth-order valence-corrected chi connectivity index (χ4v) is 7.88. The van der Waals surface area contributed by atoms with Crippen LogP contribution >= 0.6 is 0 Å². The molecule has 5 heterocycles. The minimum absolute atomic E-state index is 0.126. The Morgan fingerprint density at radius 1 is 1.21 bits per heavy atom. The van der Waals surface area contributed by atoms with Crippen LogP contribution in [0.25, 0.3) is 0 Å². The van der Waals surface area contributed by atoms with E-state index in [9.17, 15) is 10.2 Å². The molecule has 3 unspecified atom stereocenters. The van der Waals surface area contributed by atoms with E-state index in [1.54, 1.807) is 0 Å². The largest absolute Gasteiger partial charge is 0.392 e. The van der Waals surface area contributed by atoms with Gasteiger partial charge in [-0.2, -0.15) is 0 Å². The third-order valence-corrected chi connectivity index (χ3v) is 8.46. The summed E-state index contributed by atoms with van der Waals surface area (Å²) < 4.78 is 0. The SMILES string of the molecule is CCC1[C@@H]2C[C@H]3[C@@H]4N(C)c5ccccc5[C@]45C[C@@H](C2[C@H]5O)N3[C@@H]1O. The first kappa shape index (κ1) is 14.1. The molecule has 2 N–H and O–H groups in total. The number of anilines is 1. The molecule has 7 rings (SSSR count). The molecule has 24 heavy (non-hydrogen) atoms. The molecule has 1 aromatic rings. The van der Waals surface area contributed by atoms with Crippen LogP contribution in [0.15, 0.2) is 24.3 Å². The molecular formula is C20H26N2O2. The Hall–Kier alpha value is -1.10. The van der Waals surface area contributed by atoms with Crippen molar-refractivity contribution < 1.29 is 10.2 Å². The predicted octanol–water partition coefficient (Wildman–Crippen LogP) is 1.55. The molecule has 4 nitrogen and oxygen atoms in total. The lowest BCUT2D eigenvalue weighted by Crippen LogP contribution is -2.72. The predicted molar refractivity (Wildman–Crippen MR) is 91.7 cm³/mol. The van der Waals surface area contributed by atoms with Crippen LogP contribution in [0.3, 0.4) is 0 Å². The molecule has 1 aromatic carbocycles. The number of nitrogens with zero attached hydrogens (tertiary/aromatic N) is 2. The first-order chi connectivity index (χ1) is 11.6. The van der Waals surface area contributed by atoms with Crippen molar-refractivity contribution in [3.63, 3.8) is 0 Å². The summed E-state index contributed by atoms with van der Waals surface area (Å²) in [6, 6.07) is 9.70. The Morgan fingerprint density at radius 3 is 2.79 bits per heavy atom. The number of fused-ring (bicyclic) bond motifs is 2. The van der Waals surface area contributed by atoms with Crippen LogP contribution < -0.4 is 4.90 Å². The molecule has 1 saturated carbocycles. The highest BCUT2D eigenvalue weighted by Gasteiger charge is 2.76. The fourth-order valence-electron chi connectivity index (χ4n) is 7.88. The second kappa shape index (κ2) is 4.17. The normalized spacial score (nSPS) is 55.8. The number of hydrogen-bond donors (Lipinski definition) is 2. The quantitative estimate of drug-likeness (QED) is 0.822. The lowest BCUT2D eigenvalue weighted by atomic mass is 9.62. The van der Waals surface area contributed by atoms with Crippen LogP contribution in [-0.2, 0) is 5.41 Å². The molecule has 0 radical (unpaired) electrons. The summed E-state index contributed by atoms with van der Waals surface area (Å²) in [7, 11) is 2.19. The molecule has 6 aliphatic rings. The zero-order chi connectivity index (χ0) is 16.4. The van der Waals surface area contributed by atoms with Gasteiger partial charge in [-0.25, -0.2) is 0 Å². The maximum Gasteiger partial charge on any atom is 0.111 e. The molecule has 5 fully saturated rings. The second-order valence-corrected chi connectivity index (χ2v) is 8.81. The van der Waals surface area contributed by atoms with Crippen molar-refractivity contribution in [2.45, 2.75) is 62.1 Å². The van der Waals surface area contributed by atoms with Gasteiger partial charge in [0.15, 0.2) is 0 Å². The second-order valence-electron chi connectivity index (χ2n) is 8.81. The monoisotopic (exact) mass is 326 g/mol. The summed E-state index contributed by atoms with van der Waals surface area (Å²) in [5.74, 6) is 1.14. The average Bonchev–Trinajstić information content (AvgIpc) is 2.97. The molecule has 5 aliphatic heterocycles. The molecule has 4 heteroatoms. The lowest BCUT2D eigenvalue weighted by Gasteiger charge is -2.62. The number of piperidine rings is 4. The van der Waals surface area contributed by atoms with E-state index in [0.717, 1.165) is 19.3 Å². The van der Waals surface area contributed by atoms with Crippen molar-refractivity contribution in [3.8, 4) is 0 Å². The van der Waals surface area contributed by atoms with Crippen LogP contribution in [-0.4, -0.2) is 52.6 Å². The summed E-state index contributed by atoms with van der Waals surface area (Å²) in [5, 5.41) is 22.6. The standard InChI is InChI=1S/C20H26N2O2/c1-3-10-11-8-14-17-20(12-6-4-5-7-13(12)21(17)2)9-15(16(11)18(20)23)22(14)19(10)24/h4-7,10-11,14-19,23-24H,3,8-9H2,1-2H3/t10?,11-,14-,15-,16?,17-,18+,19+,20+/m0/s1. The summed E-state index contributed by atoms with van der Waals surface area (Å²) in [6.45, 7) is 2.19. The highest BCUT2D eigenvalue weighted by Crippen LogP contribution is 2.68. The van der Waals surface area contributed by atoms with E-state index in [1.807, 2.05) is 0 Å². The van der Waals surface area contributed by atoms with Gasteiger partial charge in [0, 0.05) is 42.1 Å². The first-order valence-corrected chi connectivity index (χ1v) is 9.57. The van der Waals surface area contributed by atoms with Crippen LogP contribution in [0.4, 0.5) is 5.69 Å². The van der Waals surface area contributed by atoms with Crippen molar-refractivity contribution in [3.05, 3.63) is 29.8 Å². The van der Waals surface area contributed by atoms with E-state index in [1.165, 1.54) is 11.3 Å². The number of likely N-dealkylation sites (N-methyl/N-ethyl adjacent to an activating group) is 1. The molecule has 1 spiro atoms. The molecule has 0 aromatic heterocycles. The van der Waals surface area contributed by atoms with Crippen molar-refractivity contribution in [2.24, 2.45) is 17.8 Å². The number of para-hydroxylation sites is 1. The number of rotatable bonds is 1. The van der Waals surface area contributed by atoms with Crippen LogP contribution in [0.5, 0.6) is 0 Å². The third-order valence-electron chi connectivity index (χ3n) is 8.46. The van der Waals surface area contributed by atoms with Crippen LogP contribution in [0.2, 0.25) is 0 Å². The highest BCUT2D eigenvalue weighted by atomic mass is 16.3. The first-order valence-electron chi connectivity index (χ1n) is 9.57. The van der Waals surface area contributed by atoms with Gasteiger partial charge in [-0.05, 0) is 36.8 Å². The lowest BCUT2D eigenvalue weighted by molar-refractivity contribution is -0.211. The molecule has 0 amide bonds. The summed E-state index contributed by atoms with van der Waals surface area (Å²) >= 11 is 0. The van der Waals surface area contributed by atoms with E-state index in [4.69, 9.17) is 0 Å². The highest BCUT2D eigenvalue weighted by molar-refractivity contribution is 5.67. The van der Waals surface area contributed by atoms with E-state index in [0.29, 0.717) is 35.9 Å². The van der Waals surface area contributed by atoms with Gasteiger partial charge < -0.3 is 15.1 Å². The Labute approximate surface area is 143 Å². The Balaban J connectivity index is 1.60. The number of aliphatic hydroxyl groups is 2. The zero-order valence-corrected chi connectivity index (χ0v) is 14.3. The molecule has 128 valence electrons. The Bertz CT molecular complexity index is 723. The van der Waals surface area contributed by atoms with E-state index in [-0.39, 0.29) is 17.7 Å². The van der Waals surface area contributed by atoms with Crippen molar-refractivity contribution in [2.75, 3.05) is 11.9 Å². The van der Waals surface area contributed by atoms with Gasteiger partial charge in [0.05, 0.1) is 12.1 Å². The molecule has 5 bridgehead atoms. The molecule has 10 atom stereocenters. The fraction of sp³-hybridized carbons (Fsp3) is 0.700. The Kier molecular flexibility index (Phi) is 2.45. The van der Waals surface area contributed by atoms with E-state index in [2.05, 4.69) is 48.0 Å². The van der Waals surface area contributed by atoms with E-state index < -0.39 is 0 Å². The number of hydrogen-bond acceptors (Lipinski definition) is 4. The summed E-state index contributed by atoms with van der Waals surface area (Å²) in [5.41, 5.74) is 2.51. The maximum absolute atomic E-state index is 11.6. The minimum atomic E-state index is -0.319. The van der Waals surface area contributed by atoms with Crippen LogP contribution in [0.1, 0.15) is 31.7 Å². The maximum atomic E-state index is 11.6. The third kappa shape index (κ3) is 1.20. The zero-order valence-electron chi connectivity index (χ0n) is 14.3. The van der Waals surface area contributed by atoms with Gasteiger partial charge in [0.2, 0.25) is 0 Å². The summed E-state index contributed by atoms with van der Waals surface area (Å²) in [6.07, 6.45) is 2.56. The van der Waals surface area contributed by atoms with Gasteiger partial charge in [-0.1, -0.05) is 25.1 Å². The smallest absolute Gasteiger partial charge is 0.111 e. The number of aliphatic hydroxyl groups excluding tert-OH is 2. The van der Waals surface area contributed by atoms with Crippen molar-refractivity contribution in [1.82, 2.24) is 4.90 Å². The topological polar surface area (TPSA) is 46.9 Å². The van der Waals surface area contributed by atoms with Gasteiger partial charge in [-0.15, -0.1) is 0 Å². The van der Waals surface area contributed by atoms with Gasteiger partial charge in [-0.3, -0.25) is 4.90 Å². The number of benzene rings is 1. The van der Waals surface area contributed by atoms with Crippen molar-refractivity contribution in [1.29, 1.82) is 0 Å². The van der Waals surface area contributed by atoms with Crippen LogP contribution in [0, 0.1) is 17.8 Å². The molecule has 4 saturated heterocycles. The van der Waals surface area contributed by atoms with Gasteiger partial charge in [0.1, 0.15) is 6.23 Å². The minimum Gasteiger partial charge on any atom is -0.392 e. The summed E-state index contributed by atoms with van der Waals surface area (Å²) in [4.78, 5) is 4.83. The van der Waals surface area contributed by atoms with Crippen molar-refractivity contribution >= 4 is 5.69 Å². The molecule has 1 aliphatic carbocycles. The van der Waals surface area contributed by atoms with Gasteiger partial charge >= 0.3 is 0 Å². The average molecular weight is 326 g/mol.